The minimum atomic E-state index is -3.49. The number of Topliss-reactive ketones (excluding diaryl/α,β-unsaturated/α-hetero) is 1. The van der Waals surface area contributed by atoms with Gasteiger partial charge in [-0.25, -0.2) is 0 Å². The van der Waals surface area contributed by atoms with Crippen LogP contribution in [-0.2, 0) is 27.9 Å². The van der Waals surface area contributed by atoms with Gasteiger partial charge in [0.2, 0.25) is 0 Å². The molecule has 1 atom stereocenters. The van der Waals surface area contributed by atoms with Crippen molar-refractivity contribution in [3.05, 3.63) is 0 Å². The highest BCUT2D eigenvalue weighted by Gasteiger charge is 2.38. The average molecular weight is 332 g/mol. The molecule has 0 rings (SSSR count). The largest absolute Gasteiger partial charge is 0.469 e. The van der Waals surface area contributed by atoms with E-state index in [-0.39, 0.29) is 31.4 Å². The maximum absolute atomic E-state index is 12.6. The van der Waals surface area contributed by atoms with Crippen LogP contribution in [0.25, 0.3) is 0 Å². The van der Waals surface area contributed by atoms with Crippen LogP contribution in [0.4, 0.5) is 0 Å². The third-order valence-electron chi connectivity index (χ3n) is 2.80. The summed E-state index contributed by atoms with van der Waals surface area (Å²) in [4.78, 5) is 22.7. The van der Waals surface area contributed by atoms with Gasteiger partial charge in [-0.05, 0) is 27.2 Å². The van der Waals surface area contributed by atoms with E-state index in [1.165, 1.54) is 14.0 Å². The van der Waals surface area contributed by atoms with Gasteiger partial charge in [0.15, 0.2) is 0 Å². The lowest BCUT2D eigenvalue weighted by Gasteiger charge is -2.22. The van der Waals surface area contributed by atoms with Crippen molar-refractivity contribution in [3.63, 3.8) is 0 Å². The van der Waals surface area contributed by atoms with Gasteiger partial charge in [-0.1, -0.05) is 0 Å². The number of rotatable bonds is 10. The minimum absolute atomic E-state index is 0.116. The number of carbonyl (C=O) groups excluding carboxylic acids is 2. The number of esters is 1. The molecule has 0 aromatic heterocycles. The number of carbonyl (C=O) groups is 2. The predicted molar refractivity (Wildman–Crippen MR) is 83.6 cm³/mol. The van der Waals surface area contributed by atoms with E-state index >= 15 is 0 Å². The zero-order valence-electron chi connectivity index (χ0n) is 13.7. The van der Waals surface area contributed by atoms with Crippen LogP contribution in [-0.4, -0.2) is 37.7 Å². The standard InChI is InChI=1S/C15H25O6P/c1-5-20-22(18,21-6-2)14(13(3)16)11-9-7-8-10-12-15(17)19-4/h14H,5-6,8,10-12H2,1-4H3. The molecule has 0 N–H and O–H groups in total. The second-order valence-electron chi connectivity index (χ2n) is 4.49. The van der Waals surface area contributed by atoms with Crippen molar-refractivity contribution in [2.24, 2.45) is 0 Å². The summed E-state index contributed by atoms with van der Waals surface area (Å²) in [6, 6.07) is 0. The van der Waals surface area contributed by atoms with Gasteiger partial charge in [-0.15, -0.1) is 11.8 Å². The summed E-state index contributed by atoms with van der Waals surface area (Å²) < 4.78 is 27.5. The fourth-order valence-electron chi connectivity index (χ4n) is 1.74. The van der Waals surface area contributed by atoms with Crippen molar-refractivity contribution in [2.45, 2.75) is 52.1 Å². The smallest absolute Gasteiger partial charge is 0.342 e. The van der Waals surface area contributed by atoms with Crippen LogP contribution < -0.4 is 0 Å². The summed E-state index contributed by atoms with van der Waals surface area (Å²) in [5.41, 5.74) is -0.875. The topological polar surface area (TPSA) is 78.9 Å². The third-order valence-corrected chi connectivity index (χ3v) is 5.35. The molecule has 0 saturated heterocycles. The first-order valence-electron chi connectivity index (χ1n) is 7.33. The second kappa shape index (κ2) is 11.4. The predicted octanol–water partition coefficient (Wildman–Crippen LogP) is 2.95. The Hall–Kier alpha value is -1.15. The van der Waals surface area contributed by atoms with E-state index in [2.05, 4.69) is 16.6 Å². The lowest BCUT2D eigenvalue weighted by Crippen LogP contribution is -2.21. The summed E-state index contributed by atoms with van der Waals surface area (Å²) >= 11 is 0. The molecule has 126 valence electrons. The Labute approximate surface area is 132 Å². The van der Waals surface area contributed by atoms with Crippen LogP contribution in [0.3, 0.4) is 0 Å². The Kier molecular flexibility index (Phi) is 10.8. The maximum atomic E-state index is 12.6. The van der Waals surface area contributed by atoms with Crippen LogP contribution in [0.5, 0.6) is 0 Å². The van der Waals surface area contributed by atoms with Crippen LogP contribution in [0.1, 0.15) is 46.5 Å². The summed E-state index contributed by atoms with van der Waals surface area (Å²) in [7, 11) is -2.15. The van der Waals surface area contributed by atoms with E-state index in [9.17, 15) is 14.2 Å². The molecule has 0 spiro atoms. The molecule has 0 bridgehead atoms. The van der Waals surface area contributed by atoms with Crippen LogP contribution >= 0.6 is 7.60 Å². The first-order chi connectivity index (χ1) is 10.4. The molecule has 0 aromatic rings. The van der Waals surface area contributed by atoms with E-state index in [0.717, 1.165) is 0 Å². The Morgan fingerprint density at radius 3 is 2.18 bits per heavy atom. The van der Waals surface area contributed by atoms with Crippen LogP contribution in [0.2, 0.25) is 0 Å². The number of ether oxygens (including phenoxy) is 1. The summed E-state index contributed by atoms with van der Waals surface area (Å²) in [5, 5.41) is 0. The highest BCUT2D eigenvalue weighted by atomic mass is 31.2. The summed E-state index contributed by atoms with van der Waals surface area (Å²) in [6.07, 6.45) is 1.51. The molecule has 0 fully saturated rings. The Balaban J connectivity index is 4.62. The van der Waals surface area contributed by atoms with Gasteiger partial charge in [0.05, 0.1) is 20.3 Å². The third kappa shape index (κ3) is 7.74. The summed E-state index contributed by atoms with van der Waals surface area (Å²) in [5.74, 6) is 5.14. The highest BCUT2D eigenvalue weighted by molar-refractivity contribution is 7.55. The van der Waals surface area contributed by atoms with Gasteiger partial charge in [-0.3, -0.25) is 14.2 Å². The Bertz CT molecular complexity index is 452. The first-order valence-corrected chi connectivity index (χ1v) is 8.94. The number of hydrogen-bond acceptors (Lipinski definition) is 6. The van der Waals surface area contributed by atoms with Gasteiger partial charge >= 0.3 is 13.6 Å². The van der Waals surface area contributed by atoms with Crippen molar-refractivity contribution < 1.29 is 27.9 Å². The Morgan fingerprint density at radius 1 is 1.14 bits per heavy atom. The molecule has 0 saturated carbocycles. The first kappa shape index (κ1) is 20.9. The number of ketones is 1. The molecule has 22 heavy (non-hydrogen) atoms. The van der Waals surface area contributed by atoms with Crippen molar-refractivity contribution in [2.75, 3.05) is 20.3 Å². The molecule has 0 aliphatic rings. The van der Waals surface area contributed by atoms with Crippen molar-refractivity contribution in [1.29, 1.82) is 0 Å². The molecule has 7 heteroatoms. The molecule has 0 aliphatic carbocycles. The van der Waals surface area contributed by atoms with E-state index < -0.39 is 13.3 Å². The minimum Gasteiger partial charge on any atom is -0.469 e. The normalized spacial score (nSPS) is 12.2. The molecule has 1 unspecified atom stereocenters. The fraction of sp³-hybridized carbons (Fsp3) is 0.733. The lowest BCUT2D eigenvalue weighted by atomic mass is 10.2. The maximum Gasteiger partial charge on any atom is 0.342 e. The van der Waals surface area contributed by atoms with E-state index in [1.54, 1.807) is 13.8 Å². The monoisotopic (exact) mass is 332 g/mol. The zero-order chi connectivity index (χ0) is 17.0. The van der Waals surface area contributed by atoms with Gasteiger partial charge in [0.25, 0.3) is 0 Å². The van der Waals surface area contributed by atoms with Gasteiger partial charge in [0.1, 0.15) is 11.4 Å². The quantitative estimate of drug-likeness (QED) is 0.265. The van der Waals surface area contributed by atoms with Gasteiger partial charge in [-0.2, -0.15) is 0 Å². The zero-order valence-corrected chi connectivity index (χ0v) is 14.6. The molecule has 6 nitrogen and oxygen atoms in total. The van der Waals surface area contributed by atoms with E-state index in [0.29, 0.717) is 19.3 Å². The molecule has 0 heterocycles. The molecule has 0 aromatic carbocycles. The fourth-order valence-corrected chi connectivity index (χ4v) is 3.65. The molecule has 0 amide bonds. The lowest BCUT2D eigenvalue weighted by molar-refractivity contribution is -0.140. The van der Waals surface area contributed by atoms with Crippen LogP contribution in [0, 0.1) is 11.8 Å². The van der Waals surface area contributed by atoms with Gasteiger partial charge in [0, 0.05) is 19.3 Å². The summed E-state index contributed by atoms with van der Waals surface area (Å²) in [6.45, 7) is 5.15. The molecule has 0 radical (unpaired) electrons. The molecule has 0 aliphatic heterocycles. The van der Waals surface area contributed by atoms with Crippen molar-refractivity contribution in [3.8, 4) is 11.8 Å². The Morgan fingerprint density at radius 2 is 1.73 bits per heavy atom. The SMILES string of the molecule is CCOP(=O)(OCC)C(CC#CCCCC(=O)OC)C(C)=O. The molecular formula is C15H25O6P. The van der Waals surface area contributed by atoms with E-state index in [4.69, 9.17) is 9.05 Å². The van der Waals surface area contributed by atoms with E-state index in [1.807, 2.05) is 0 Å². The average Bonchev–Trinajstić information content (AvgIpc) is 2.45. The second-order valence-corrected chi connectivity index (χ2v) is 6.71. The van der Waals surface area contributed by atoms with Crippen LogP contribution in [0.15, 0.2) is 0 Å². The van der Waals surface area contributed by atoms with Crippen molar-refractivity contribution in [1.82, 2.24) is 0 Å². The number of unbranched alkanes of at least 4 members (excludes halogenated alkanes) is 1. The van der Waals surface area contributed by atoms with Gasteiger partial charge < -0.3 is 13.8 Å². The van der Waals surface area contributed by atoms with Crippen molar-refractivity contribution >= 4 is 19.3 Å². The molecular weight excluding hydrogens is 307 g/mol. The number of methoxy groups -OCH3 is 1. The number of hydrogen-bond donors (Lipinski definition) is 0. The highest BCUT2D eigenvalue weighted by Crippen LogP contribution is 2.54.